The summed E-state index contributed by atoms with van der Waals surface area (Å²) in [5, 5.41) is -1.53. The zero-order valence-corrected chi connectivity index (χ0v) is 10.8. The van der Waals surface area contributed by atoms with Gasteiger partial charge in [0.1, 0.15) is 5.25 Å². The fourth-order valence-electron chi connectivity index (χ4n) is 1.44. The lowest BCUT2D eigenvalue weighted by molar-refractivity contribution is -0.138. The van der Waals surface area contributed by atoms with Crippen LogP contribution in [0.25, 0.3) is 0 Å². The molecule has 0 radical (unpaired) electrons. The molecule has 0 saturated carbocycles. The van der Waals surface area contributed by atoms with Crippen molar-refractivity contribution in [1.29, 1.82) is 0 Å². The van der Waals surface area contributed by atoms with E-state index in [1.165, 1.54) is 6.07 Å². The number of alkyl halides is 3. The molecule has 1 rings (SSSR count). The Morgan fingerprint density at radius 2 is 1.84 bits per heavy atom. The second kappa shape index (κ2) is 5.20. The van der Waals surface area contributed by atoms with E-state index in [-0.39, 0.29) is 0 Å². The predicted molar refractivity (Wildman–Crippen MR) is 62.7 cm³/mol. The highest BCUT2D eigenvalue weighted by atomic mass is 32.2. The summed E-state index contributed by atoms with van der Waals surface area (Å²) in [5.74, 6) is -1.98. The van der Waals surface area contributed by atoms with E-state index < -0.39 is 44.1 Å². The Morgan fingerprint density at radius 3 is 2.32 bits per heavy atom. The zero-order valence-electron chi connectivity index (χ0n) is 9.94. The Bertz CT molecular complexity index is 581. The number of carbonyl (C=O) groups is 1. The molecule has 106 valence electrons. The number of amides is 1. The second-order valence-electron chi connectivity index (χ2n) is 4.01. The van der Waals surface area contributed by atoms with Crippen molar-refractivity contribution in [3.05, 3.63) is 35.4 Å². The van der Waals surface area contributed by atoms with E-state index in [0.29, 0.717) is 0 Å². The van der Waals surface area contributed by atoms with E-state index >= 15 is 0 Å². The normalized spacial score (nSPS) is 14.1. The molecule has 0 fully saturated rings. The highest BCUT2D eigenvalue weighted by Crippen LogP contribution is 2.32. The zero-order chi connectivity index (χ0) is 14.8. The van der Waals surface area contributed by atoms with Gasteiger partial charge < -0.3 is 5.73 Å². The monoisotopic (exact) mass is 295 g/mol. The van der Waals surface area contributed by atoms with E-state index in [2.05, 4.69) is 0 Å². The third kappa shape index (κ3) is 3.69. The lowest BCUT2D eigenvalue weighted by Gasteiger charge is -2.14. The third-order valence-corrected chi connectivity index (χ3v) is 4.64. The summed E-state index contributed by atoms with van der Waals surface area (Å²) >= 11 is 0. The van der Waals surface area contributed by atoms with E-state index in [0.717, 1.165) is 25.1 Å². The Morgan fingerprint density at radius 1 is 1.32 bits per heavy atom. The van der Waals surface area contributed by atoms with Crippen molar-refractivity contribution in [2.24, 2.45) is 5.73 Å². The molecule has 0 aliphatic carbocycles. The van der Waals surface area contributed by atoms with Gasteiger partial charge >= 0.3 is 6.18 Å². The molecule has 0 bridgehead atoms. The van der Waals surface area contributed by atoms with Crippen molar-refractivity contribution in [2.75, 3.05) is 0 Å². The van der Waals surface area contributed by atoms with E-state index in [1.807, 2.05) is 0 Å². The molecule has 19 heavy (non-hydrogen) atoms. The molecule has 1 aromatic rings. The van der Waals surface area contributed by atoms with Crippen molar-refractivity contribution < 1.29 is 26.4 Å². The van der Waals surface area contributed by atoms with Crippen molar-refractivity contribution in [1.82, 2.24) is 0 Å². The van der Waals surface area contributed by atoms with E-state index in [1.54, 1.807) is 0 Å². The number of rotatable bonds is 4. The molecule has 0 spiro atoms. The summed E-state index contributed by atoms with van der Waals surface area (Å²) in [6.45, 7) is 1.05. The number of nitrogens with two attached hydrogens (primary N) is 1. The van der Waals surface area contributed by atoms with Crippen LogP contribution in [0.2, 0.25) is 0 Å². The Labute approximate surface area is 108 Å². The summed E-state index contributed by atoms with van der Waals surface area (Å²) in [4.78, 5) is 10.8. The Kier molecular flexibility index (Phi) is 4.24. The van der Waals surface area contributed by atoms with Crippen LogP contribution < -0.4 is 5.73 Å². The van der Waals surface area contributed by atoms with Gasteiger partial charge in [0.25, 0.3) is 0 Å². The van der Waals surface area contributed by atoms with Gasteiger partial charge in [0.15, 0.2) is 9.84 Å². The molecule has 0 saturated heterocycles. The first-order valence-corrected chi connectivity index (χ1v) is 6.93. The van der Waals surface area contributed by atoms with Gasteiger partial charge in [-0.05, 0) is 18.6 Å². The average Bonchev–Trinajstić information content (AvgIpc) is 2.26. The van der Waals surface area contributed by atoms with Crippen molar-refractivity contribution in [3.63, 3.8) is 0 Å². The van der Waals surface area contributed by atoms with Gasteiger partial charge in [-0.15, -0.1) is 0 Å². The average molecular weight is 295 g/mol. The SMILES string of the molecule is C[C@H](C(N)=O)S(=O)(=O)Cc1ccccc1C(F)(F)F. The van der Waals surface area contributed by atoms with Crippen LogP contribution in [-0.2, 0) is 26.6 Å². The maximum Gasteiger partial charge on any atom is 0.416 e. The van der Waals surface area contributed by atoms with Gasteiger partial charge in [-0.2, -0.15) is 13.2 Å². The third-order valence-electron chi connectivity index (χ3n) is 2.62. The molecule has 0 heterocycles. The van der Waals surface area contributed by atoms with Crippen molar-refractivity contribution in [2.45, 2.75) is 24.1 Å². The maximum atomic E-state index is 12.7. The minimum atomic E-state index is -4.65. The Hall–Kier alpha value is -1.57. The van der Waals surface area contributed by atoms with E-state index in [9.17, 15) is 26.4 Å². The Balaban J connectivity index is 3.18. The predicted octanol–water partition coefficient (Wildman–Crippen LogP) is 1.49. The summed E-state index contributed by atoms with van der Waals surface area (Å²) < 4.78 is 61.6. The van der Waals surface area contributed by atoms with Crippen LogP contribution in [0.4, 0.5) is 13.2 Å². The maximum absolute atomic E-state index is 12.7. The van der Waals surface area contributed by atoms with Crippen molar-refractivity contribution in [3.8, 4) is 0 Å². The molecule has 1 aromatic carbocycles. The second-order valence-corrected chi connectivity index (χ2v) is 6.33. The van der Waals surface area contributed by atoms with Gasteiger partial charge in [-0.3, -0.25) is 4.79 Å². The quantitative estimate of drug-likeness (QED) is 0.914. The van der Waals surface area contributed by atoms with Crippen LogP contribution in [0.15, 0.2) is 24.3 Å². The number of hydrogen-bond donors (Lipinski definition) is 1. The molecule has 1 amide bonds. The number of carbonyl (C=O) groups excluding carboxylic acids is 1. The highest BCUT2D eigenvalue weighted by Gasteiger charge is 2.35. The van der Waals surface area contributed by atoms with Gasteiger partial charge in [0.2, 0.25) is 5.91 Å². The van der Waals surface area contributed by atoms with E-state index in [4.69, 9.17) is 5.73 Å². The number of hydrogen-bond acceptors (Lipinski definition) is 3. The van der Waals surface area contributed by atoms with Crippen LogP contribution in [0, 0.1) is 0 Å². The fourth-order valence-corrected chi connectivity index (χ4v) is 2.73. The summed E-state index contributed by atoms with van der Waals surface area (Å²) in [6, 6.07) is 4.32. The van der Waals surface area contributed by atoms with Crippen LogP contribution >= 0.6 is 0 Å². The first-order valence-electron chi connectivity index (χ1n) is 5.21. The van der Waals surface area contributed by atoms with Gasteiger partial charge in [0, 0.05) is 0 Å². The lowest BCUT2D eigenvalue weighted by Crippen LogP contribution is -2.34. The fraction of sp³-hybridized carbons (Fsp3) is 0.364. The highest BCUT2D eigenvalue weighted by molar-refractivity contribution is 7.92. The van der Waals surface area contributed by atoms with Gasteiger partial charge in [0.05, 0.1) is 11.3 Å². The molecule has 4 nitrogen and oxygen atoms in total. The number of halogens is 3. The molecular formula is C11H12F3NO3S. The minimum Gasteiger partial charge on any atom is -0.369 e. The first-order chi connectivity index (χ1) is 8.55. The van der Waals surface area contributed by atoms with Crippen LogP contribution in [-0.4, -0.2) is 19.6 Å². The van der Waals surface area contributed by atoms with Gasteiger partial charge in [-0.1, -0.05) is 18.2 Å². The molecular weight excluding hydrogens is 283 g/mol. The van der Waals surface area contributed by atoms with Gasteiger partial charge in [-0.25, -0.2) is 8.42 Å². The van der Waals surface area contributed by atoms with Crippen LogP contribution in [0.3, 0.4) is 0 Å². The van der Waals surface area contributed by atoms with Crippen molar-refractivity contribution >= 4 is 15.7 Å². The van der Waals surface area contributed by atoms with Crippen LogP contribution in [0.5, 0.6) is 0 Å². The summed E-state index contributed by atoms with van der Waals surface area (Å²) in [7, 11) is -4.07. The first kappa shape index (κ1) is 15.5. The standard InChI is InChI=1S/C11H12F3NO3S/c1-7(10(15)16)19(17,18)6-8-4-2-3-5-9(8)11(12,13)14/h2-5,7H,6H2,1H3,(H2,15,16)/t7-/m1/s1. The molecule has 1 atom stereocenters. The minimum absolute atomic E-state index is 0.400. The molecule has 0 aromatic heterocycles. The molecule has 0 aliphatic rings. The molecule has 0 unspecified atom stereocenters. The lowest BCUT2D eigenvalue weighted by atomic mass is 10.1. The number of primary amides is 1. The number of sulfone groups is 1. The number of benzene rings is 1. The largest absolute Gasteiger partial charge is 0.416 e. The molecule has 0 aliphatic heterocycles. The topological polar surface area (TPSA) is 77.2 Å². The molecule has 8 heteroatoms. The smallest absolute Gasteiger partial charge is 0.369 e. The summed E-state index contributed by atoms with van der Waals surface area (Å²) in [6.07, 6.45) is -4.65. The van der Waals surface area contributed by atoms with Crippen LogP contribution in [0.1, 0.15) is 18.1 Å². The summed E-state index contributed by atoms with van der Waals surface area (Å²) in [5.41, 5.74) is 3.43. The molecule has 2 N–H and O–H groups in total.